The van der Waals surface area contributed by atoms with Crippen LogP contribution in [-0.4, -0.2) is 49.1 Å². The SMILES string of the molecule is CCS(=O)(=O)NCc1ccc(C(=O)N2CCC(CC(=O)O)CC2)cc1. The molecule has 0 spiro atoms. The highest BCUT2D eigenvalue weighted by Crippen LogP contribution is 2.22. The second-order valence-electron chi connectivity index (χ2n) is 6.25. The molecule has 138 valence electrons. The van der Waals surface area contributed by atoms with Gasteiger partial charge >= 0.3 is 5.97 Å². The van der Waals surface area contributed by atoms with Gasteiger partial charge in [-0.2, -0.15) is 0 Å². The van der Waals surface area contributed by atoms with Crippen molar-refractivity contribution in [2.24, 2.45) is 5.92 Å². The Morgan fingerprint density at radius 3 is 2.32 bits per heavy atom. The van der Waals surface area contributed by atoms with Gasteiger partial charge in [0.15, 0.2) is 0 Å². The molecule has 1 amide bonds. The number of benzene rings is 1. The number of hydrogen-bond donors (Lipinski definition) is 2. The molecule has 25 heavy (non-hydrogen) atoms. The molecule has 0 radical (unpaired) electrons. The number of nitrogens with one attached hydrogen (secondary N) is 1. The molecule has 1 aliphatic rings. The third-order valence-electron chi connectivity index (χ3n) is 4.44. The van der Waals surface area contributed by atoms with Crippen molar-refractivity contribution in [1.29, 1.82) is 0 Å². The van der Waals surface area contributed by atoms with Gasteiger partial charge in [-0.15, -0.1) is 0 Å². The van der Waals surface area contributed by atoms with Crippen LogP contribution >= 0.6 is 0 Å². The lowest BCUT2D eigenvalue weighted by atomic mass is 9.93. The average Bonchev–Trinajstić information content (AvgIpc) is 2.60. The van der Waals surface area contributed by atoms with Gasteiger partial charge in [0, 0.05) is 31.6 Å². The summed E-state index contributed by atoms with van der Waals surface area (Å²) in [5, 5.41) is 8.83. The lowest BCUT2D eigenvalue weighted by Gasteiger charge is -2.31. The summed E-state index contributed by atoms with van der Waals surface area (Å²) in [6.45, 7) is 2.90. The summed E-state index contributed by atoms with van der Waals surface area (Å²) in [7, 11) is -3.24. The van der Waals surface area contributed by atoms with Crippen LogP contribution in [0.2, 0.25) is 0 Å². The van der Waals surface area contributed by atoms with Crippen LogP contribution in [0.3, 0.4) is 0 Å². The van der Waals surface area contributed by atoms with E-state index in [1.54, 1.807) is 36.1 Å². The number of aliphatic carboxylic acids is 1. The van der Waals surface area contributed by atoms with Gasteiger partial charge in [0.05, 0.1) is 5.75 Å². The van der Waals surface area contributed by atoms with Crippen molar-refractivity contribution in [3.8, 4) is 0 Å². The monoisotopic (exact) mass is 368 g/mol. The van der Waals surface area contributed by atoms with Crippen molar-refractivity contribution in [3.63, 3.8) is 0 Å². The van der Waals surface area contributed by atoms with Crippen LogP contribution in [0.25, 0.3) is 0 Å². The Hall–Kier alpha value is -1.93. The van der Waals surface area contributed by atoms with Crippen LogP contribution in [0.15, 0.2) is 24.3 Å². The number of hydrogen-bond acceptors (Lipinski definition) is 4. The van der Waals surface area contributed by atoms with E-state index in [2.05, 4.69) is 4.72 Å². The molecular weight excluding hydrogens is 344 g/mol. The van der Waals surface area contributed by atoms with E-state index in [-0.39, 0.29) is 30.5 Å². The van der Waals surface area contributed by atoms with E-state index in [9.17, 15) is 18.0 Å². The Balaban J connectivity index is 1.89. The number of carbonyl (C=O) groups excluding carboxylic acids is 1. The van der Waals surface area contributed by atoms with E-state index in [4.69, 9.17) is 5.11 Å². The molecule has 0 unspecified atom stereocenters. The van der Waals surface area contributed by atoms with Crippen molar-refractivity contribution in [3.05, 3.63) is 35.4 Å². The molecule has 0 bridgehead atoms. The number of piperidine rings is 1. The highest BCUT2D eigenvalue weighted by molar-refractivity contribution is 7.89. The van der Waals surface area contributed by atoms with E-state index >= 15 is 0 Å². The van der Waals surface area contributed by atoms with Crippen molar-refractivity contribution in [2.45, 2.75) is 32.7 Å². The first-order valence-corrected chi connectivity index (χ1v) is 10.0. The molecule has 0 aromatic heterocycles. The molecule has 7 nitrogen and oxygen atoms in total. The summed E-state index contributed by atoms with van der Waals surface area (Å²) < 4.78 is 25.4. The van der Waals surface area contributed by atoms with Crippen LogP contribution in [0.1, 0.15) is 42.1 Å². The quantitative estimate of drug-likeness (QED) is 0.758. The predicted molar refractivity (Wildman–Crippen MR) is 93.6 cm³/mol. The first kappa shape index (κ1) is 19.4. The van der Waals surface area contributed by atoms with Crippen LogP contribution in [0.4, 0.5) is 0 Å². The number of nitrogens with zero attached hydrogens (tertiary/aromatic N) is 1. The van der Waals surface area contributed by atoms with E-state index in [1.807, 2.05) is 0 Å². The number of rotatable bonds is 7. The third-order valence-corrected chi connectivity index (χ3v) is 5.79. The number of sulfonamides is 1. The van der Waals surface area contributed by atoms with Crippen molar-refractivity contribution in [2.75, 3.05) is 18.8 Å². The van der Waals surface area contributed by atoms with Gasteiger partial charge in [-0.1, -0.05) is 12.1 Å². The van der Waals surface area contributed by atoms with Gasteiger partial charge in [-0.3, -0.25) is 9.59 Å². The highest BCUT2D eigenvalue weighted by Gasteiger charge is 2.24. The third kappa shape index (κ3) is 5.82. The first-order chi connectivity index (χ1) is 11.8. The molecule has 1 heterocycles. The molecule has 1 aliphatic heterocycles. The van der Waals surface area contributed by atoms with Crippen LogP contribution in [0.5, 0.6) is 0 Å². The molecule has 2 rings (SSSR count). The van der Waals surface area contributed by atoms with E-state index in [0.29, 0.717) is 31.5 Å². The molecule has 1 fully saturated rings. The summed E-state index contributed by atoms with van der Waals surface area (Å²) in [6.07, 6.45) is 1.56. The molecule has 8 heteroatoms. The van der Waals surface area contributed by atoms with Gasteiger partial charge in [0.25, 0.3) is 5.91 Å². The molecular formula is C17H24N2O5S. The minimum atomic E-state index is -3.24. The maximum Gasteiger partial charge on any atom is 0.303 e. The van der Waals surface area contributed by atoms with E-state index in [1.165, 1.54) is 0 Å². The van der Waals surface area contributed by atoms with Gasteiger partial charge in [0.1, 0.15) is 0 Å². The topological polar surface area (TPSA) is 104 Å². The van der Waals surface area contributed by atoms with Gasteiger partial charge in [-0.25, -0.2) is 13.1 Å². The Labute approximate surface area is 148 Å². The van der Waals surface area contributed by atoms with Gasteiger partial charge in [0.2, 0.25) is 10.0 Å². The number of amides is 1. The molecule has 0 saturated carbocycles. The fourth-order valence-electron chi connectivity index (χ4n) is 2.83. The summed E-state index contributed by atoms with van der Waals surface area (Å²) in [5.74, 6) is -0.703. The Kier molecular flexibility index (Phi) is 6.55. The maximum absolute atomic E-state index is 12.5. The van der Waals surface area contributed by atoms with Crippen molar-refractivity contribution in [1.82, 2.24) is 9.62 Å². The lowest BCUT2D eigenvalue weighted by Crippen LogP contribution is -2.38. The number of carbonyl (C=O) groups is 2. The molecule has 0 atom stereocenters. The summed E-state index contributed by atoms with van der Waals surface area (Å²) >= 11 is 0. The lowest BCUT2D eigenvalue weighted by molar-refractivity contribution is -0.138. The van der Waals surface area contributed by atoms with Crippen molar-refractivity contribution >= 4 is 21.9 Å². The van der Waals surface area contributed by atoms with E-state index < -0.39 is 16.0 Å². The molecule has 1 aromatic carbocycles. The fourth-order valence-corrected chi connectivity index (χ4v) is 3.42. The maximum atomic E-state index is 12.5. The number of carboxylic acid groups (broad SMARTS) is 1. The highest BCUT2D eigenvalue weighted by atomic mass is 32.2. The minimum absolute atomic E-state index is 0.0292. The second-order valence-corrected chi connectivity index (χ2v) is 8.35. The smallest absolute Gasteiger partial charge is 0.303 e. The zero-order chi connectivity index (χ0) is 18.4. The van der Waals surface area contributed by atoms with Crippen LogP contribution in [0, 0.1) is 5.92 Å². The molecule has 0 aliphatic carbocycles. The average molecular weight is 368 g/mol. The Morgan fingerprint density at radius 2 is 1.80 bits per heavy atom. The van der Waals surface area contributed by atoms with Crippen LogP contribution < -0.4 is 4.72 Å². The van der Waals surface area contributed by atoms with Crippen molar-refractivity contribution < 1.29 is 23.1 Å². The largest absolute Gasteiger partial charge is 0.481 e. The molecule has 1 aromatic rings. The summed E-state index contributed by atoms with van der Waals surface area (Å²) in [4.78, 5) is 25.0. The first-order valence-electron chi connectivity index (χ1n) is 8.38. The van der Waals surface area contributed by atoms with Gasteiger partial charge in [-0.05, 0) is 43.4 Å². The molecule has 1 saturated heterocycles. The fraction of sp³-hybridized carbons (Fsp3) is 0.529. The minimum Gasteiger partial charge on any atom is -0.481 e. The summed E-state index contributed by atoms with van der Waals surface area (Å²) in [6, 6.07) is 6.87. The normalized spacial score (nSPS) is 16.0. The Bertz CT molecular complexity index is 707. The standard InChI is InChI=1S/C17H24N2O5S/c1-2-25(23,24)18-12-14-3-5-15(6-4-14)17(22)19-9-7-13(8-10-19)11-16(20)21/h3-6,13,18H,2,7-12H2,1H3,(H,20,21). The molecule has 2 N–H and O–H groups in total. The summed E-state index contributed by atoms with van der Waals surface area (Å²) in [5.41, 5.74) is 1.34. The van der Waals surface area contributed by atoms with Gasteiger partial charge < -0.3 is 10.0 Å². The second kappa shape index (κ2) is 8.44. The number of likely N-dealkylation sites (tertiary alicyclic amines) is 1. The zero-order valence-electron chi connectivity index (χ0n) is 14.3. The van der Waals surface area contributed by atoms with Crippen LogP contribution in [-0.2, 0) is 21.4 Å². The Morgan fingerprint density at radius 1 is 1.20 bits per heavy atom. The van der Waals surface area contributed by atoms with E-state index in [0.717, 1.165) is 5.56 Å². The predicted octanol–water partition coefficient (Wildman–Crippen LogP) is 1.45. The zero-order valence-corrected chi connectivity index (χ0v) is 15.1. The number of carboxylic acids is 1.